The number of hydrogen-bond donors (Lipinski definition) is 2. The Bertz CT molecular complexity index is 616. The van der Waals surface area contributed by atoms with Crippen molar-refractivity contribution in [2.24, 2.45) is 0 Å². The lowest BCUT2D eigenvalue weighted by atomic mass is 10.2. The molecule has 20 heavy (non-hydrogen) atoms. The zero-order valence-corrected chi connectivity index (χ0v) is 13.1. The van der Waals surface area contributed by atoms with E-state index in [4.69, 9.17) is 17.3 Å². The van der Waals surface area contributed by atoms with Gasteiger partial charge in [0.2, 0.25) is 0 Å². The van der Waals surface area contributed by atoms with Gasteiger partial charge in [0.1, 0.15) is 4.90 Å². The van der Waals surface area contributed by atoms with Crippen molar-refractivity contribution in [1.29, 1.82) is 0 Å². The number of aromatic hydroxyl groups is 1. The fourth-order valence-corrected chi connectivity index (χ4v) is 5.62. The molecule has 0 radical (unpaired) electrons. The minimum Gasteiger partial charge on any atom is -0.504 e. The number of rotatable bonds is 3. The van der Waals surface area contributed by atoms with Gasteiger partial charge in [-0.15, -0.1) is 0 Å². The predicted molar refractivity (Wildman–Crippen MR) is 79.8 cm³/mol. The van der Waals surface area contributed by atoms with E-state index in [0.29, 0.717) is 6.42 Å². The molecule has 2 rings (SSSR count). The molecule has 0 aromatic heterocycles. The van der Waals surface area contributed by atoms with Gasteiger partial charge in [0.25, 0.3) is 0 Å². The Labute approximate surface area is 124 Å². The van der Waals surface area contributed by atoms with E-state index in [-0.39, 0.29) is 21.6 Å². The molecule has 1 aromatic rings. The van der Waals surface area contributed by atoms with Crippen LogP contribution in [0.25, 0.3) is 0 Å². The summed E-state index contributed by atoms with van der Waals surface area (Å²) in [5, 5.41) is 9.44. The summed E-state index contributed by atoms with van der Waals surface area (Å²) in [4.78, 5) is 1.67. The molecule has 0 aliphatic heterocycles. The van der Waals surface area contributed by atoms with Crippen LogP contribution in [0.3, 0.4) is 0 Å². The highest BCUT2D eigenvalue weighted by Gasteiger charge is 2.41. The van der Waals surface area contributed by atoms with E-state index >= 15 is 0 Å². The highest BCUT2D eigenvalue weighted by molar-refractivity contribution is 7.92. The van der Waals surface area contributed by atoms with Crippen molar-refractivity contribution in [3.63, 3.8) is 0 Å². The fraction of sp³-hybridized carbons (Fsp3) is 0.538. The molecule has 112 valence electrons. The Hall–Kier alpha value is -0.980. The minimum atomic E-state index is -3.72. The summed E-state index contributed by atoms with van der Waals surface area (Å²) in [5.41, 5.74) is 5.62. The fourth-order valence-electron chi connectivity index (χ4n) is 2.84. The van der Waals surface area contributed by atoms with Crippen LogP contribution in [0.1, 0.15) is 19.3 Å². The van der Waals surface area contributed by atoms with Gasteiger partial charge < -0.3 is 15.7 Å². The number of sulfone groups is 1. The monoisotopic (exact) mass is 318 g/mol. The maximum absolute atomic E-state index is 12.8. The Morgan fingerprint density at radius 3 is 2.60 bits per heavy atom. The Morgan fingerprint density at radius 2 is 2.00 bits per heavy atom. The zero-order valence-electron chi connectivity index (χ0n) is 11.5. The van der Waals surface area contributed by atoms with Gasteiger partial charge in [0.05, 0.1) is 16.0 Å². The van der Waals surface area contributed by atoms with Gasteiger partial charge in [0, 0.05) is 6.04 Å². The van der Waals surface area contributed by atoms with Crippen LogP contribution in [0, 0.1) is 0 Å². The maximum Gasteiger partial charge on any atom is 0.187 e. The summed E-state index contributed by atoms with van der Waals surface area (Å²) in [6.07, 6.45) is 2.22. The zero-order chi connectivity index (χ0) is 15.1. The van der Waals surface area contributed by atoms with Gasteiger partial charge in [-0.2, -0.15) is 0 Å². The molecular formula is C13H19ClN2O3S. The van der Waals surface area contributed by atoms with Gasteiger partial charge in [-0.1, -0.05) is 18.0 Å². The molecule has 1 aliphatic rings. The largest absolute Gasteiger partial charge is 0.504 e. The summed E-state index contributed by atoms with van der Waals surface area (Å²) in [6.45, 7) is 0. The number of phenolic OH excluding ortho intramolecular Hbond substituents is 1. The molecule has 1 saturated carbocycles. The molecule has 7 heteroatoms. The molecular weight excluding hydrogens is 300 g/mol. The van der Waals surface area contributed by atoms with Crippen molar-refractivity contribution >= 4 is 27.1 Å². The molecule has 2 atom stereocenters. The molecule has 3 N–H and O–H groups in total. The number of benzene rings is 1. The molecule has 1 aliphatic carbocycles. The standard InChI is InChI=1S/C13H19ClN2O3S/c1-16(2)10-4-3-5-11(10)20(18,19)13-8(14)6-7-9(15)12(13)17/h6-7,10-11,17H,3-5,15H2,1-2H3/t10-,11+/m1/s1. The molecule has 0 heterocycles. The van der Waals surface area contributed by atoms with Crippen LogP contribution in [-0.2, 0) is 9.84 Å². The lowest BCUT2D eigenvalue weighted by molar-refractivity contribution is 0.299. The molecule has 0 amide bonds. The first-order chi connectivity index (χ1) is 9.26. The molecule has 1 aromatic carbocycles. The van der Waals surface area contributed by atoms with Crippen molar-refractivity contribution < 1.29 is 13.5 Å². The van der Waals surface area contributed by atoms with Crippen LogP contribution in [-0.4, -0.2) is 43.8 Å². The second-order valence-corrected chi connectivity index (χ2v) is 7.87. The Morgan fingerprint density at radius 1 is 1.35 bits per heavy atom. The molecule has 0 bridgehead atoms. The average molecular weight is 319 g/mol. The normalized spacial score (nSPS) is 23.4. The lowest BCUT2D eigenvalue weighted by Gasteiger charge is -2.26. The summed E-state index contributed by atoms with van der Waals surface area (Å²) >= 11 is 5.98. The van der Waals surface area contributed by atoms with Crippen LogP contribution < -0.4 is 5.73 Å². The quantitative estimate of drug-likeness (QED) is 0.656. The van der Waals surface area contributed by atoms with Crippen molar-refractivity contribution in [2.75, 3.05) is 19.8 Å². The number of nitrogens with zero attached hydrogens (tertiary/aromatic N) is 1. The van der Waals surface area contributed by atoms with Gasteiger partial charge in [0.15, 0.2) is 15.6 Å². The third-order valence-corrected chi connectivity index (χ3v) is 6.64. The summed E-state index contributed by atoms with van der Waals surface area (Å²) in [7, 11) is 0.000537. The molecule has 0 unspecified atom stereocenters. The highest BCUT2D eigenvalue weighted by Crippen LogP contribution is 2.41. The molecule has 0 saturated heterocycles. The van der Waals surface area contributed by atoms with E-state index in [2.05, 4.69) is 0 Å². The van der Waals surface area contributed by atoms with Crippen LogP contribution >= 0.6 is 11.6 Å². The molecule has 1 fully saturated rings. The number of nitrogens with two attached hydrogens (primary N) is 1. The van der Waals surface area contributed by atoms with Crippen molar-refractivity contribution in [2.45, 2.75) is 35.4 Å². The summed E-state index contributed by atoms with van der Waals surface area (Å²) in [5.74, 6) is -0.443. The first-order valence-corrected chi connectivity index (χ1v) is 8.36. The second-order valence-electron chi connectivity index (χ2n) is 5.36. The van der Waals surface area contributed by atoms with E-state index < -0.39 is 20.8 Å². The smallest absolute Gasteiger partial charge is 0.187 e. The number of halogens is 1. The van der Waals surface area contributed by atoms with Gasteiger partial charge in [-0.05, 0) is 39.1 Å². The number of phenols is 1. The number of anilines is 1. The van der Waals surface area contributed by atoms with Crippen LogP contribution in [0.5, 0.6) is 5.75 Å². The maximum atomic E-state index is 12.8. The predicted octanol–water partition coefficient (Wildman–Crippen LogP) is 1.88. The summed E-state index contributed by atoms with van der Waals surface area (Å²) in [6, 6.07) is 2.73. The average Bonchev–Trinajstić information content (AvgIpc) is 2.84. The number of hydrogen-bond acceptors (Lipinski definition) is 5. The third kappa shape index (κ3) is 2.47. The first kappa shape index (κ1) is 15.4. The summed E-state index contributed by atoms with van der Waals surface area (Å²) < 4.78 is 25.6. The topological polar surface area (TPSA) is 83.6 Å². The van der Waals surface area contributed by atoms with Crippen molar-refractivity contribution in [3.05, 3.63) is 17.2 Å². The lowest BCUT2D eigenvalue weighted by Crippen LogP contribution is -2.39. The Balaban J connectivity index is 2.54. The van der Waals surface area contributed by atoms with Crippen molar-refractivity contribution in [3.8, 4) is 5.75 Å². The Kier molecular flexibility index (Phi) is 4.18. The van der Waals surface area contributed by atoms with Gasteiger partial charge >= 0.3 is 0 Å². The van der Waals surface area contributed by atoms with E-state index in [1.165, 1.54) is 12.1 Å². The minimum absolute atomic E-state index is 0.0149. The van der Waals surface area contributed by atoms with Crippen LogP contribution in [0.2, 0.25) is 5.02 Å². The van der Waals surface area contributed by atoms with Crippen molar-refractivity contribution in [1.82, 2.24) is 4.90 Å². The van der Waals surface area contributed by atoms with Gasteiger partial charge in [-0.25, -0.2) is 8.42 Å². The highest BCUT2D eigenvalue weighted by atomic mass is 35.5. The van der Waals surface area contributed by atoms with E-state index in [1.54, 1.807) is 0 Å². The van der Waals surface area contributed by atoms with E-state index in [0.717, 1.165) is 12.8 Å². The number of nitrogen functional groups attached to an aromatic ring is 1. The SMILES string of the molecule is CN(C)[C@@H]1CCC[C@@H]1S(=O)(=O)c1c(Cl)ccc(N)c1O. The second kappa shape index (κ2) is 5.42. The van der Waals surface area contributed by atoms with Crippen LogP contribution in [0.4, 0.5) is 5.69 Å². The molecule has 5 nitrogen and oxygen atoms in total. The molecule has 0 spiro atoms. The first-order valence-electron chi connectivity index (χ1n) is 6.44. The van der Waals surface area contributed by atoms with Gasteiger partial charge in [-0.3, -0.25) is 0 Å². The van der Waals surface area contributed by atoms with E-state index in [9.17, 15) is 13.5 Å². The van der Waals surface area contributed by atoms with E-state index in [1.807, 2.05) is 19.0 Å². The van der Waals surface area contributed by atoms with Crippen LogP contribution in [0.15, 0.2) is 17.0 Å². The third-order valence-electron chi connectivity index (χ3n) is 3.88.